The minimum Gasteiger partial charge on any atom is -0.396 e. The van der Waals surface area contributed by atoms with Gasteiger partial charge in [-0.05, 0) is 54.4 Å². The van der Waals surface area contributed by atoms with Crippen molar-refractivity contribution in [2.45, 2.75) is 65.5 Å². The number of rotatable bonds is 7. The number of anilines is 3. The van der Waals surface area contributed by atoms with E-state index in [2.05, 4.69) is 72.4 Å². The number of unbranched alkanes of at least 4 members (excludes halogenated alkanes) is 1. The smallest absolute Gasteiger partial charge is 0.229 e. The fourth-order valence-electron chi connectivity index (χ4n) is 1.67. The lowest BCUT2D eigenvalue weighted by molar-refractivity contribution is 0.286. The first-order valence-corrected chi connectivity index (χ1v) is 7.76. The molecule has 126 valence electrons. The molecule has 0 aromatic carbocycles. The summed E-state index contributed by atoms with van der Waals surface area (Å²) in [6.45, 7) is 13.3. The second-order valence-corrected chi connectivity index (χ2v) is 7.41. The fraction of sp³-hybridized carbons (Fsp3) is 0.800. The van der Waals surface area contributed by atoms with E-state index in [1.165, 1.54) is 0 Å². The molecule has 0 saturated carbocycles. The van der Waals surface area contributed by atoms with Gasteiger partial charge in [-0.25, -0.2) is 0 Å². The molecule has 0 amide bonds. The fourth-order valence-corrected chi connectivity index (χ4v) is 1.67. The highest BCUT2D eigenvalue weighted by atomic mass is 16.2. The summed E-state index contributed by atoms with van der Waals surface area (Å²) < 4.78 is 0. The first-order chi connectivity index (χ1) is 10.1. The lowest BCUT2D eigenvalue weighted by Crippen LogP contribution is -2.30. The Morgan fingerprint density at radius 3 is 1.64 bits per heavy atom. The molecule has 0 atom stereocenters. The van der Waals surface area contributed by atoms with Crippen molar-refractivity contribution in [2.24, 2.45) is 0 Å². The second kappa shape index (κ2) is 7.58. The van der Waals surface area contributed by atoms with Gasteiger partial charge >= 0.3 is 0 Å². The number of aliphatic hydroxyl groups excluding tert-OH is 1. The quantitative estimate of drug-likeness (QED) is 0.575. The lowest BCUT2D eigenvalue weighted by atomic mass is 10.1. The Labute approximate surface area is 133 Å². The average molecular weight is 310 g/mol. The number of hydrogen-bond donors (Lipinski definition) is 4. The van der Waals surface area contributed by atoms with Gasteiger partial charge in [0.15, 0.2) is 0 Å². The summed E-state index contributed by atoms with van der Waals surface area (Å²) >= 11 is 0. The van der Waals surface area contributed by atoms with Crippen molar-refractivity contribution in [2.75, 3.05) is 29.1 Å². The van der Waals surface area contributed by atoms with E-state index in [4.69, 9.17) is 5.11 Å². The third-order valence-electron chi connectivity index (χ3n) is 2.48. The molecule has 0 radical (unpaired) electrons. The molecule has 1 rings (SSSR count). The topological polar surface area (TPSA) is 95.0 Å². The molecule has 7 nitrogen and oxygen atoms in total. The van der Waals surface area contributed by atoms with Crippen LogP contribution in [0.15, 0.2) is 0 Å². The normalized spacial score (nSPS) is 12.1. The number of aromatic nitrogens is 3. The molecule has 0 aliphatic carbocycles. The molecule has 0 saturated heterocycles. The van der Waals surface area contributed by atoms with Crippen molar-refractivity contribution in [3.8, 4) is 0 Å². The second-order valence-electron chi connectivity index (χ2n) is 7.41. The summed E-state index contributed by atoms with van der Waals surface area (Å²) in [5.74, 6) is 1.62. The molecular weight excluding hydrogens is 280 g/mol. The molecular formula is C15H30N6O. The zero-order valence-corrected chi connectivity index (χ0v) is 14.6. The Balaban J connectivity index is 2.89. The van der Waals surface area contributed by atoms with Crippen molar-refractivity contribution in [3.05, 3.63) is 0 Å². The van der Waals surface area contributed by atoms with Crippen molar-refractivity contribution in [1.82, 2.24) is 15.0 Å². The van der Waals surface area contributed by atoms with Crippen LogP contribution in [0.25, 0.3) is 0 Å². The summed E-state index contributed by atoms with van der Waals surface area (Å²) in [6.07, 6.45) is 1.63. The Kier molecular flexibility index (Phi) is 6.34. The number of aliphatic hydroxyl groups is 1. The molecule has 0 fully saturated rings. The van der Waals surface area contributed by atoms with Crippen molar-refractivity contribution in [3.63, 3.8) is 0 Å². The Morgan fingerprint density at radius 2 is 1.23 bits per heavy atom. The predicted molar refractivity (Wildman–Crippen MR) is 91.4 cm³/mol. The molecule has 1 aromatic rings. The van der Waals surface area contributed by atoms with Crippen LogP contribution in [0.2, 0.25) is 0 Å². The van der Waals surface area contributed by atoms with Gasteiger partial charge in [-0.3, -0.25) is 0 Å². The highest BCUT2D eigenvalue weighted by Crippen LogP contribution is 2.16. The van der Waals surface area contributed by atoms with Gasteiger partial charge in [0.05, 0.1) is 0 Å². The van der Waals surface area contributed by atoms with Gasteiger partial charge in [0.1, 0.15) is 0 Å². The Bertz CT molecular complexity index is 430. The van der Waals surface area contributed by atoms with Crippen LogP contribution in [-0.4, -0.2) is 44.3 Å². The van der Waals surface area contributed by atoms with E-state index in [1.807, 2.05) is 0 Å². The molecule has 0 unspecified atom stereocenters. The number of nitrogens with zero attached hydrogens (tertiary/aromatic N) is 3. The molecule has 0 spiro atoms. The van der Waals surface area contributed by atoms with Crippen LogP contribution >= 0.6 is 0 Å². The van der Waals surface area contributed by atoms with Crippen LogP contribution < -0.4 is 16.0 Å². The Morgan fingerprint density at radius 1 is 0.773 bits per heavy atom. The summed E-state index contributed by atoms with van der Waals surface area (Å²) in [6, 6.07) is 0. The van der Waals surface area contributed by atoms with Crippen LogP contribution in [0.5, 0.6) is 0 Å². The molecule has 22 heavy (non-hydrogen) atoms. The van der Waals surface area contributed by atoms with Gasteiger partial charge in [0, 0.05) is 24.2 Å². The average Bonchev–Trinajstić information content (AvgIpc) is 2.30. The van der Waals surface area contributed by atoms with Crippen molar-refractivity contribution in [1.29, 1.82) is 0 Å². The van der Waals surface area contributed by atoms with E-state index in [0.717, 1.165) is 12.8 Å². The summed E-state index contributed by atoms with van der Waals surface area (Å²) in [5.41, 5.74) is -0.261. The zero-order valence-electron chi connectivity index (χ0n) is 14.6. The minimum absolute atomic E-state index is 0.130. The number of nitrogens with one attached hydrogen (secondary N) is 3. The van der Waals surface area contributed by atoms with E-state index in [0.29, 0.717) is 24.4 Å². The van der Waals surface area contributed by atoms with Crippen LogP contribution in [0.3, 0.4) is 0 Å². The zero-order chi connectivity index (χ0) is 16.8. The van der Waals surface area contributed by atoms with Crippen molar-refractivity contribution >= 4 is 17.8 Å². The van der Waals surface area contributed by atoms with Gasteiger partial charge in [-0.2, -0.15) is 15.0 Å². The maximum absolute atomic E-state index is 8.82. The van der Waals surface area contributed by atoms with Crippen LogP contribution in [0.1, 0.15) is 54.4 Å². The van der Waals surface area contributed by atoms with Gasteiger partial charge < -0.3 is 21.1 Å². The first-order valence-electron chi connectivity index (χ1n) is 7.76. The summed E-state index contributed by atoms with van der Waals surface area (Å²) in [5, 5.41) is 18.5. The monoisotopic (exact) mass is 310 g/mol. The molecule has 0 bridgehead atoms. The molecule has 0 aliphatic heterocycles. The minimum atomic E-state index is -0.130. The van der Waals surface area contributed by atoms with Gasteiger partial charge in [0.25, 0.3) is 0 Å². The van der Waals surface area contributed by atoms with Crippen molar-refractivity contribution < 1.29 is 5.11 Å². The molecule has 4 N–H and O–H groups in total. The maximum Gasteiger partial charge on any atom is 0.229 e. The predicted octanol–water partition coefficient (Wildman–Crippen LogP) is 2.48. The van der Waals surface area contributed by atoms with Gasteiger partial charge in [0.2, 0.25) is 17.8 Å². The highest BCUT2D eigenvalue weighted by Gasteiger charge is 2.16. The van der Waals surface area contributed by atoms with Gasteiger partial charge in [-0.15, -0.1) is 0 Å². The van der Waals surface area contributed by atoms with E-state index in [1.54, 1.807) is 0 Å². The number of hydrogen-bond acceptors (Lipinski definition) is 7. The van der Waals surface area contributed by atoms with Crippen LogP contribution in [0, 0.1) is 0 Å². The third kappa shape index (κ3) is 7.97. The SMILES string of the molecule is CC(C)(C)Nc1nc(NCCCCO)nc(NC(C)(C)C)n1. The van der Waals surface area contributed by atoms with E-state index in [-0.39, 0.29) is 17.7 Å². The highest BCUT2D eigenvalue weighted by molar-refractivity contribution is 5.44. The largest absolute Gasteiger partial charge is 0.396 e. The molecule has 7 heteroatoms. The molecule has 1 heterocycles. The first kappa shape index (κ1) is 18.4. The molecule has 0 aliphatic rings. The van der Waals surface area contributed by atoms with E-state index < -0.39 is 0 Å². The summed E-state index contributed by atoms with van der Waals surface area (Å²) in [4.78, 5) is 13.2. The Hall–Kier alpha value is -1.63. The van der Waals surface area contributed by atoms with Gasteiger partial charge in [-0.1, -0.05) is 0 Å². The lowest BCUT2D eigenvalue weighted by Gasteiger charge is -2.23. The van der Waals surface area contributed by atoms with E-state index >= 15 is 0 Å². The standard InChI is InChI=1S/C15H30N6O/c1-14(2,3)20-12-17-11(16-9-7-8-10-22)18-13(19-12)21-15(4,5)6/h22H,7-10H2,1-6H3,(H3,16,17,18,19,20,21). The molecule has 1 aromatic heterocycles. The summed E-state index contributed by atoms with van der Waals surface area (Å²) in [7, 11) is 0. The van der Waals surface area contributed by atoms with E-state index in [9.17, 15) is 0 Å². The van der Waals surface area contributed by atoms with Crippen LogP contribution in [-0.2, 0) is 0 Å². The van der Waals surface area contributed by atoms with Crippen LogP contribution in [0.4, 0.5) is 17.8 Å². The third-order valence-corrected chi connectivity index (χ3v) is 2.48. The maximum atomic E-state index is 8.82.